The van der Waals surface area contributed by atoms with E-state index in [1.54, 1.807) is 19.1 Å². The second kappa shape index (κ2) is 7.89. The molecular weight excluding hydrogens is 408 g/mol. The predicted octanol–water partition coefficient (Wildman–Crippen LogP) is 2.07. The second-order valence-electron chi connectivity index (χ2n) is 8.71. The number of aromatic nitrogens is 2. The molecule has 2 aromatic rings. The summed E-state index contributed by atoms with van der Waals surface area (Å²) in [4.78, 5) is 50.9. The molecule has 32 heavy (non-hydrogen) atoms. The van der Waals surface area contributed by atoms with Crippen LogP contribution in [0.1, 0.15) is 47.2 Å². The maximum Gasteiger partial charge on any atom is 0.330 e. The van der Waals surface area contributed by atoms with E-state index in [-0.39, 0.29) is 11.8 Å². The number of rotatable bonds is 4. The van der Waals surface area contributed by atoms with Crippen molar-refractivity contribution in [2.75, 3.05) is 36.0 Å². The molecule has 166 valence electrons. The van der Waals surface area contributed by atoms with Crippen molar-refractivity contribution in [3.05, 3.63) is 47.3 Å². The third-order valence-electron chi connectivity index (χ3n) is 6.44. The van der Waals surface area contributed by atoms with Crippen LogP contribution in [0.2, 0.25) is 0 Å². The zero-order valence-electron chi connectivity index (χ0n) is 18.2. The number of hydrogen-bond donors (Lipinski definition) is 1. The predicted molar refractivity (Wildman–Crippen MR) is 119 cm³/mol. The van der Waals surface area contributed by atoms with Gasteiger partial charge in [-0.3, -0.25) is 19.8 Å². The van der Waals surface area contributed by atoms with Crippen molar-refractivity contribution < 1.29 is 14.4 Å². The monoisotopic (exact) mass is 434 g/mol. The molecule has 9 heteroatoms. The number of aryl methyl sites for hydroxylation is 1. The fourth-order valence-corrected chi connectivity index (χ4v) is 4.38. The number of pyridine rings is 2. The summed E-state index contributed by atoms with van der Waals surface area (Å²) < 4.78 is 0. The van der Waals surface area contributed by atoms with Gasteiger partial charge in [0.1, 0.15) is 17.7 Å². The van der Waals surface area contributed by atoms with Crippen molar-refractivity contribution in [3.63, 3.8) is 0 Å². The van der Waals surface area contributed by atoms with Gasteiger partial charge in [-0.05, 0) is 55.9 Å². The van der Waals surface area contributed by atoms with Crippen molar-refractivity contribution in [1.82, 2.24) is 20.2 Å². The molecule has 1 N–H and O–H groups in total. The van der Waals surface area contributed by atoms with Gasteiger partial charge in [0.15, 0.2) is 0 Å². The molecule has 4 amide bonds. The van der Waals surface area contributed by atoms with Crippen molar-refractivity contribution in [1.29, 1.82) is 0 Å². The van der Waals surface area contributed by atoms with Crippen LogP contribution < -0.4 is 15.1 Å². The maximum atomic E-state index is 13.0. The van der Waals surface area contributed by atoms with Crippen LogP contribution >= 0.6 is 0 Å². The molecule has 1 aliphatic carbocycles. The van der Waals surface area contributed by atoms with Crippen LogP contribution in [0.25, 0.3) is 0 Å². The third-order valence-corrected chi connectivity index (χ3v) is 6.44. The van der Waals surface area contributed by atoms with Crippen molar-refractivity contribution >= 4 is 29.5 Å². The van der Waals surface area contributed by atoms with E-state index < -0.39 is 12.1 Å². The van der Waals surface area contributed by atoms with E-state index in [0.29, 0.717) is 30.4 Å². The third kappa shape index (κ3) is 3.68. The highest BCUT2D eigenvalue weighted by Crippen LogP contribution is 2.40. The molecule has 1 unspecified atom stereocenters. The molecule has 1 saturated carbocycles. The Morgan fingerprint density at radius 1 is 1.06 bits per heavy atom. The van der Waals surface area contributed by atoms with E-state index in [2.05, 4.69) is 28.2 Å². The summed E-state index contributed by atoms with van der Waals surface area (Å²) in [6, 6.07) is 4.38. The zero-order valence-corrected chi connectivity index (χ0v) is 18.2. The lowest BCUT2D eigenvalue weighted by Gasteiger charge is -2.36. The van der Waals surface area contributed by atoms with E-state index in [1.165, 1.54) is 35.1 Å². The molecule has 0 aromatic carbocycles. The van der Waals surface area contributed by atoms with Crippen LogP contribution in [-0.2, 0) is 4.79 Å². The SMILES string of the molecule is Cc1cc(C2CC2)cnc1N1CCN(C(=O)c2ccc(N3C(=O)NC(=O)C3C)nc2)CC1. The van der Waals surface area contributed by atoms with E-state index in [1.807, 2.05) is 11.1 Å². The van der Waals surface area contributed by atoms with Crippen LogP contribution in [0, 0.1) is 6.92 Å². The van der Waals surface area contributed by atoms with Gasteiger partial charge in [0.2, 0.25) is 0 Å². The molecule has 3 aliphatic rings. The Kier molecular flexibility index (Phi) is 5.03. The Labute approximate surface area is 186 Å². The molecule has 5 rings (SSSR count). The highest BCUT2D eigenvalue weighted by Gasteiger charge is 2.37. The van der Waals surface area contributed by atoms with E-state index in [0.717, 1.165) is 18.9 Å². The number of nitrogens with one attached hydrogen (secondary N) is 1. The van der Waals surface area contributed by atoms with Gasteiger partial charge in [0.25, 0.3) is 11.8 Å². The number of amides is 4. The Hall–Kier alpha value is -3.49. The summed E-state index contributed by atoms with van der Waals surface area (Å²) in [5.41, 5.74) is 2.98. The molecule has 4 heterocycles. The highest BCUT2D eigenvalue weighted by molar-refractivity contribution is 6.13. The van der Waals surface area contributed by atoms with Gasteiger partial charge in [0.05, 0.1) is 5.56 Å². The summed E-state index contributed by atoms with van der Waals surface area (Å²) in [6.45, 7) is 6.39. The topological polar surface area (TPSA) is 98.7 Å². The van der Waals surface area contributed by atoms with E-state index >= 15 is 0 Å². The number of carbonyl (C=O) groups excluding carboxylic acids is 3. The van der Waals surface area contributed by atoms with Gasteiger partial charge in [-0.25, -0.2) is 14.8 Å². The summed E-state index contributed by atoms with van der Waals surface area (Å²) in [5, 5.41) is 2.26. The molecule has 2 aromatic heterocycles. The molecular formula is C23H26N6O3. The molecule has 2 saturated heterocycles. The molecule has 3 fully saturated rings. The van der Waals surface area contributed by atoms with Gasteiger partial charge in [-0.15, -0.1) is 0 Å². The van der Waals surface area contributed by atoms with E-state index in [9.17, 15) is 14.4 Å². The molecule has 1 atom stereocenters. The number of piperazine rings is 1. The lowest BCUT2D eigenvalue weighted by Crippen LogP contribution is -2.49. The number of hydrogen-bond acceptors (Lipinski definition) is 6. The molecule has 0 bridgehead atoms. The van der Waals surface area contributed by atoms with Crippen molar-refractivity contribution in [3.8, 4) is 0 Å². The van der Waals surface area contributed by atoms with Crippen molar-refractivity contribution in [2.24, 2.45) is 0 Å². The fourth-order valence-electron chi connectivity index (χ4n) is 4.38. The fraction of sp³-hybridized carbons (Fsp3) is 0.435. The minimum absolute atomic E-state index is 0.0903. The van der Waals surface area contributed by atoms with Crippen LogP contribution in [0.3, 0.4) is 0 Å². The Morgan fingerprint density at radius 2 is 1.81 bits per heavy atom. The number of urea groups is 1. The van der Waals surface area contributed by atoms with Gasteiger partial charge in [-0.1, -0.05) is 6.07 Å². The minimum atomic E-state index is -0.625. The van der Waals surface area contributed by atoms with Gasteiger partial charge >= 0.3 is 6.03 Å². The van der Waals surface area contributed by atoms with Crippen LogP contribution in [-0.4, -0.2) is 64.9 Å². The first-order valence-corrected chi connectivity index (χ1v) is 11.0. The van der Waals surface area contributed by atoms with Crippen LogP contribution in [0.4, 0.5) is 16.4 Å². The lowest BCUT2D eigenvalue weighted by molar-refractivity contribution is -0.119. The lowest BCUT2D eigenvalue weighted by atomic mass is 10.1. The number of carbonyl (C=O) groups is 3. The zero-order chi connectivity index (χ0) is 22.4. The van der Waals surface area contributed by atoms with Gasteiger partial charge in [-0.2, -0.15) is 0 Å². The maximum absolute atomic E-state index is 13.0. The summed E-state index contributed by atoms with van der Waals surface area (Å²) in [7, 11) is 0. The van der Waals surface area contributed by atoms with Gasteiger partial charge in [0, 0.05) is 38.6 Å². The van der Waals surface area contributed by atoms with Crippen LogP contribution in [0.5, 0.6) is 0 Å². The quantitative estimate of drug-likeness (QED) is 0.740. The molecule has 9 nitrogen and oxygen atoms in total. The summed E-state index contributed by atoms with van der Waals surface area (Å²) in [6.07, 6.45) is 5.99. The summed E-state index contributed by atoms with van der Waals surface area (Å²) >= 11 is 0. The molecule has 2 aliphatic heterocycles. The second-order valence-corrected chi connectivity index (χ2v) is 8.71. The van der Waals surface area contributed by atoms with Gasteiger partial charge < -0.3 is 9.80 Å². The highest BCUT2D eigenvalue weighted by atomic mass is 16.2. The molecule has 0 spiro atoms. The molecule has 0 radical (unpaired) electrons. The van der Waals surface area contributed by atoms with Crippen LogP contribution in [0.15, 0.2) is 30.6 Å². The summed E-state index contributed by atoms with van der Waals surface area (Å²) in [5.74, 6) is 1.58. The number of imide groups is 1. The smallest absolute Gasteiger partial charge is 0.330 e. The Bertz CT molecular complexity index is 1070. The average Bonchev–Trinajstić information content (AvgIpc) is 3.61. The first-order chi connectivity index (χ1) is 15.4. The minimum Gasteiger partial charge on any atom is -0.353 e. The number of nitrogens with zero attached hydrogens (tertiary/aromatic N) is 5. The normalized spacial score (nSPS) is 21.2. The first-order valence-electron chi connectivity index (χ1n) is 11.0. The first kappa shape index (κ1) is 20.4. The van der Waals surface area contributed by atoms with E-state index in [4.69, 9.17) is 4.98 Å². The average molecular weight is 435 g/mol. The standard InChI is InChI=1S/C23H26N6O3/c1-14-11-18(16-3-4-16)13-25-20(14)27-7-9-28(10-8-27)22(31)17-5-6-19(24-12-17)29-15(2)21(30)26-23(29)32/h5-6,11-13,15-16H,3-4,7-10H2,1-2H3,(H,26,30,32). The largest absolute Gasteiger partial charge is 0.353 e. The number of anilines is 2. The Morgan fingerprint density at radius 3 is 2.38 bits per heavy atom. The Balaban J connectivity index is 1.22. The van der Waals surface area contributed by atoms with Crippen molar-refractivity contribution in [2.45, 2.75) is 38.6 Å².